The van der Waals surface area contributed by atoms with E-state index in [0.717, 1.165) is 37.3 Å². The molecular formula is C14H23NO2. The van der Waals surface area contributed by atoms with E-state index >= 15 is 0 Å². The molecule has 0 aliphatic carbocycles. The number of hydrogen-bond donors (Lipinski definition) is 2. The lowest BCUT2D eigenvalue weighted by molar-refractivity contribution is 0.237. The van der Waals surface area contributed by atoms with Crippen molar-refractivity contribution in [1.29, 1.82) is 0 Å². The number of ether oxygens (including phenoxy) is 1. The smallest absolute Gasteiger partial charge is 0.123 e. The van der Waals surface area contributed by atoms with Gasteiger partial charge in [0.25, 0.3) is 0 Å². The summed E-state index contributed by atoms with van der Waals surface area (Å²) in [5.74, 6) is 0.939. The summed E-state index contributed by atoms with van der Waals surface area (Å²) < 4.78 is 5.68. The standard InChI is InChI=1S/C14H23NO2/c1-3-9-17-14-8-6-5-7-12(14)10-15-13(4-2)11-16/h5-8,13,15-16H,3-4,9-11H2,1-2H3/t13-/m1/s1. The monoisotopic (exact) mass is 237 g/mol. The van der Waals surface area contributed by atoms with Crippen LogP contribution in [0.5, 0.6) is 5.75 Å². The van der Waals surface area contributed by atoms with Crippen LogP contribution >= 0.6 is 0 Å². The molecule has 0 aromatic heterocycles. The first-order valence-electron chi connectivity index (χ1n) is 6.36. The molecule has 0 heterocycles. The van der Waals surface area contributed by atoms with Crippen molar-refractivity contribution in [2.24, 2.45) is 0 Å². The van der Waals surface area contributed by atoms with E-state index < -0.39 is 0 Å². The summed E-state index contributed by atoms with van der Waals surface area (Å²) in [6.07, 6.45) is 1.93. The number of hydrogen-bond acceptors (Lipinski definition) is 3. The number of rotatable bonds is 8. The van der Waals surface area contributed by atoms with Gasteiger partial charge in [0, 0.05) is 18.2 Å². The number of nitrogens with one attached hydrogen (secondary N) is 1. The molecule has 0 unspecified atom stereocenters. The highest BCUT2D eigenvalue weighted by molar-refractivity contribution is 5.33. The van der Waals surface area contributed by atoms with E-state index in [1.165, 1.54) is 0 Å². The minimum Gasteiger partial charge on any atom is -0.493 e. The molecule has 3 nitrogen and oxygen atoms in total. The van der Waals surface area contributed by atoms with Crippen molar-refractivity contribution < 1.29 is 9.84 Å². The van der Waals surface area contributed by atoms with Crippen molar-refractivity contribution in [2.45, 2.75) is 39.3 Å². The van der Waals surface area contributed by atoms with Gasteiger partial charge in [-0.1, -0.05) is 32.0 Å². The first-order chi connectivity index (χ1) is 8.31. The number of benzene rings is 1. The van der Waals surface area contributed by atoms with E-state index in [1.54, 1.807) is 0 Å². The maximum atomic E-state index is 9.12. The molecular weight excluding hydrogens is 214 g/mol. The Kier molecular flexibility index (Phi) is 6.67. The summed E-state index contributed by atoms with van der Waals surface area (Å²) in [6.45, 7) is 5.81. The Labute approximate surface area is 104 Å². The molecule has 1 rings (SSSR count). The molecule has 3 heteroatoms. The van der Waals surface area contributed by atoms with Gasteiger partial charge in [-0.25, -0.2) is 0 Å². The molecule has 1 aromatic rings. The van der Waals surface area contributed by atoms with Gasteiger partial charge in [-0.05, 0) is 18.9 Å². The van der Waals surface area contributed by atoms with E-state index in [4.69, 9.17) is 9.84 Å². The van der Waals surface area contributed by atoms with Crippen LogP contribution in [0.2, 0.25) is 0 Å². The highest BCUT2D eigenvalue weighted by atomic mass is 16.5. The highest BCUT2D eigenvalue weighted by Crippen LogP contribution is 2.18. The van der Waals surface area contributed by atoms with Gasteiger partial charge in [-0.2, -0.15) is 0 Å². The van der Waals surface area contributed by atoms with Crippen LogP contribution in [0.1, 0.15) is 32.3 Å². The molecule has 2 N–H and O–H groups in total. The highest BCUT2D eigenvalue weighted by Gasteiger charge is 2.06. The van der Waals surface area contributed by atoms with Crippen molar-refractivity contribution in [3.63, 3.8) is 0 Å². The predicted molar refractivity (Wildman–Crippen MR) is 70.2 cm³/mol. The maximum absolute atomic E-state index is 9.12. The van der Waals surface area contributed by atoms with Crippen LogP contribution < -0.4 is 10.1 Å². The number of aliphatic hydroxyl groups excluding tert-OH is 1. The molecule has 17 heavy (non-hydrogen) atoms. The Hall–Kier alpha value is -1.06. The average Bonchev–Trinajstić information content (AvgIpc) is 2.38. The van der Waals surface area contributed by atoms with Gasteiger partial charge < -0.3 is 15.2 Å². The van der Waals surface area contributed by atoms with Crippen LogP contribution in [0.4, 0.5) is 0 Å². The molecule has 1 atom stereocenters. The van der Waals surface area contributed by atoms with Crippen LogP contribution in [-0.2, 0) is 6.54 Å². The fourth-order valence-corrected chi connectivity index (χ4v) is 1.59. The van der Waals surface area contributed by atoms with E-state index in [2.05, 4.69) is 25.2 Å². The topological polar surface area (TPSA) is 41.5 Å². The molecule has 0 saturated heterocycles. The fraction of sp³-hybridized carbons (Fsp3) is 0.571. The van der Waals surface area contributed by atoms with Crippen LogP contribution in [-0.4, -0.2) is 24.4 Å². The molecule has 0 amide bonds. The van der Waals surface area contributed by atoms with Crippen LogP contribution in [0, 0.1) is 0 Å². The molecule has 0 aliphatic heterocycles. The quantitative estimate of drug-likeness (QED) is 0.729. The summed E-state index contributed by atoms with van der Waals surface area (Å²) in [4.78, 5) is 0. The van der Waals surface area contributed by atoms with E-state index in [1.807, 2.05) is 18.2 Å². The molecule has 0 saturated carbocycles. The van der Waals surface area contributed by atoms with Gasteiger partial charge in [-0.3, -0.25) is 0 Å². The Morgan fingerprint density at radius 3 is 2.71 bits per heavy atom. The Morgan fingerprint density at radius 2 is 2.06 bits per heavy atom. The predicted octanol–water partition coefficient (Wildman–Crippen LogP) is 2.34. The third-order valence-electron chi connectivity index (χ3n) is 2.73. The SMILES string of the molecule is CCCOc1ccccc1CN[C@H](CC)CO. The summed E-state index contributed by atoms with van der Waals surface area (Å²) in [6, 6.07) is 8.21. The van der Waals surface area contributed by atoms with Crippen LogP contribution in [0.25, 0.3) is 0 Å². The second-order valence-electron chi connectivity index (χ2n) is 4.12. The Balaban J connectivity index is 2.56. The normalized spacial score (nSPS) is 12.4. The maximum Gasteiger partial charge on any atom is 0.123 e. The number of aliphatic hydroxyl groups is 1. The van der Waals surface area contributed by atoms with Gasteiger partial charge in [0.2, 0.25) is 0 Å². The second kappa shape index (κ2) is 8.09. The fourth-order valence-electron chi connectivity index (χ4n) is 1.59. The van der Waals surface area contributed by atoms with Crippen molar-refractivity contribution >= 4 is 0 Å². The second-order valence-corrected chi connectivity index (χ2v) is 4.12. The van der Waals surface area contributed by atoms with Crippen molar-refractivity contribution in [2.75, 3.05) is 13.2 Å². The molecule has 0 spiro atoms. The molecule has 1 aromatic carbocycles. The zero-order valence-corrected chi connectivity index (χ0v) is 10.8. The lowest BCUT2D eigenvalue weighted by atomic mass is 10.1. The van der Waals surface area contributed by atoms with E-state index in [9.17, 15) is 0 Å². The van der Waals surface area contributed by atoms with Crippen molar-refractivity contribution in [3.8, 4) is 5.75 Å². The van der Waals surface area contributed by atoms with Gasteiger partial charge in [0.05, 0.1) is 13.2 Å². The van der Waals surface area contributed by atoms with E-state index in [0.29, 0.717) is 0 Å². The lowest BCUT2D eigenvalue weighted by Crippen LogP contribution is -2.31. The zero-order valence-electron chi connectivity index (χ0n) is 10.8. The molecule has 0 radical (unpaired) electrons. The molecule has 0 bridgehead atoms. The Bertz CT molecular complexity index is 311. The summed E-state index contributed by atoms with van der Waals surface area (Å²) >= 11 is 0. The minimum atomic E-state index is 0.161. The van der Waals surface area contributed by atoms with Crippen LogP contribution in [0.15, 0.2) is 24.3 Å². The average molecular weight is 237 g/mol. The first kappa shape index (κ1) is 14.0. The third-order valence-corrected chi connectivity index (χ3v) is 2.73. The first-order valence-corrected chi connectivity index (χ1v) is 6.36. The molecule has 96 valence electrons. The number of para-hydroxylation sites is 1. The molecule has 0 aliphatic rings. The summed E-state index contributed by atoms with van der Waals surface area (Å²) in [7, 11) is 0. The lowest BCUT2D eigenvalue weighted by Gasteiger charge is -2.16. The minimum absolute atomic E-state index is 0.161. The van der Waals surface area contributed by atoms with Gasteiger partial charge in [0.15, 0.2) is 0 Å². The summed E-state index contributed by atoms with van der Waals surface area (Å²) in [5.41, 5.74) is 1.15. The van der Waals surface area contributed by atoms with Crippen LogP contribution in [0.3, 0.4) is 0 Å². The van der Waals surface area contributed by atoms with Gasteiger partial charge in [-0.15, -0.1) is 0 Å². The Morgan fingerprint density at radius 1 is 1.29 bits per heavy atom. The summed E-state index contributed by atoms with van der Waals surface area (Å²) in [5, 5.41) is 12.4. The zero-order chi connectivity index (χ0) is 12.5. The third kappa shape index (κ3) is 4.75. The van der Waals surface area contributed by atoms with E-state index in [-0.39, 0.29) is 12.6 Å². The van der Waals surface area contributed by atoms with Crippen molar-refractivity contribution in [1.82, 2.24) is 5.32 Å². The largest absolute Gasteiger partial charge is 0.493 e. The molecule has 0 fully saturated rings. The van der Waals surface area contributed by atoms with Crippen molar-refractivity contribution in [3.05, 3.63) is 29.8 Å². The van der Waals surface area contributed by atoms with Gasteiger partial charge >= 0.3 is 0 Å². The van der Waals surface area contributed by atoms with Gasteiger partial charge in [0.1, 0.15) is 5.75 Å².